The molecule has 0 aliphatic carbocycles. The van der Waals surface area contributed by atoms with Crippen molar-refractivity contribution in [3.05, 3.63) is 98.0 Å². The van der Waals surface area contributed by atoms with Crippen molar-refractivity contribution in [1.82, 2.24) is 5.43 Å². The largest absolute Gasteiger partial charge is 0.490 e. The van der Waals surface area contributed by atoms with Gasteiger partial charge in [0, 0.05) is 16.6 Å². The molecular formula is C25H20BrN3O6. The molecule has 0 spiro atoms. The van der Waals surface area contributed by atoms with Gasteiger partial charge in [0.25, 0.3) is 17.5 Å². The fourth-order valence-electron chi connectivity index (χ4n) is 3.44. The molecule has 1 aliphatic rings. The van der Waals surface area contributed by atoms with Gasteiger partial charge in [0.2, 0.25) is 0 Å². The van der Waals surface area contributed by atoms with E-state index in [9.17, 15) is 19.7 Å². The van der Waals surface area contributed by atoms with Crippen LogP contribution in [-0.2, 0) is 16.2 Å². The Kier molecular flexibility index (Phi) is 7.11. The number of nitro groups is 1. The van der Waals surface area contributed by atoms with Crippen molar-refractivity contribution in [2.24, 2.45) is 0 Å². The molecule has 2 amide bonds. The second-order valence-corrected chi connectivity index (χ2v) is 8.30. The molecule has 0 unspecified atom stereocenters. The second kappa shape index (κ2) is 10.4. The summed E-state index contributed by atoms with van der Waals surface area (Å²) in [5.74, 6) is -0.189. The van der Waals surface area contributed by atoms with E-state index in [0.717, 1.165) is 0 Å². The van der Waals surface area contributed by atoms with Crippen LogP contribution in [0.25, 0.3) is 6.08 Å². The van der Waals surface area contributed by atoms with E-state index in [1.807, 2.05) is 13.0 Å². The number of ether oxygens (including phenoxy) is 2. The van der Waals surface area contributed by atoms with Crippen LogP contribution in [0.1, 0.15) is 18.1 Å². The van der Waals surface area contributed by atoms with Crippen molar-refractivity contribution in [3.63, 3.8) is 0 Å². The zero-order chi connectivity index (χ0) is 24.9. The Morgan fingerprint density at radius 2 is 1.77 bits per heavy atom. The maximum atomic E-state index is 12.9. The van der Waals surface area contributed by atoms with Crippen LogP contribution in [0.15, 0.2) is 76.8 Å². The summed E-state index contributed by atoms with van der Waals surface area (Å²) >= 11 is 3.47. The fourth-order valence-corrected chi connectivity index (χ4v) is 3.87. The van der Waals surface area contributed by atoms with E-state index in [4.69, 9.17) is 9.47 Å². The number of anilines is 1. The normalized spacial score (nSPS) is 14.2. The quantitative estimate of drug-likeness (QED) is 0.191. The number of nitrogens with one attached hydrogen (secondary N) is 1. The van der Waals surface area contributed by atoms with Crippen LogP contribution in [0.3, 0.4) is 0 Å². The molecule has 0 radical (unpaired) electrons. The van der Waals surface area contributed by atoms with E-state index in [-0.39, 0.29) is 17.9 Å². The zero-order valence-electron chi connectivity index (χ0n) is 18.6. The van der Waals surface area contributed by atoms with Crippen molar-refractivity contribution in [2.75, 3.05) is 11.6 Å². The van der Waals surface area contributed by atoms with Crippen molar-refractivity contribution in [2.45, 2.75) is 13.5 Å². The van der Waals surface area contributed by atoms with Gasteiger partial charge in [0.05, 0.1) is 17.2 Å². The average Bonchev–Trinajstić information content (AvgIpc) is 3.14. The molecule has 1 saturated heterocycles. The summed E-state index contributed by atoms with van der Waals surface area (Å²) in [4.78, 5) is 36.0. The summed E-state index contributed by atoms with van der Waals surface area (Å²) in [7, 11) is 0. The molecule has 1 aliphatic heterocycles. The molecular weight excluding hydrogens is 518 g/mol. The average molecular weight is 538 g/mol. The first-order valence-corrected chi connectivity index (χ1v) is 11.4. The summed E-state index contributed by atoms with van der Waals surface area (Å²) in [5.41, 5.74) is 4.24. The lowest BCUT2D eigenvalue weighted by Gasteiger charge is -2.14. The molecule has 3 aromatic carbocycles. The third-order valence-corrected chi connectivity index (χ3v) is 5.77. The van der Waals surface area contributed by atoms with Gasteiger partial charge < -0.3 is 9.47 Å². The van der Waals surface area contributed by atoms with E-state index in [2.05, 4.69) is 21.4 Å². The Bertz CT molecular complexity index is 1330. The Balaban J connectivity index is 1.60. The third-order valence-electron chi connectivity index (χ3n) is 5.08. The van der Waals surface area contributed by atoms with Crippen LogP contribution in [0, 0.1) is 10.1 Å². The van der Waals surface area contributed by atoms with Crippen LogP contribution in [0.5, 0.6) is 11.5 Å². The lowest BCUT2D eigenvalue weighted by atomic mass is 10.1. The third kappa shape index (κ3) is 5.33. The number of nitrogens with zero attached hydrogens (tertiary/aromatic N) is 2. The van der Waals surface area contributed by atoms with Gasteiger partial charge in [-0.2, -0.15) is 0 Å². The van der Waals surface area contributed by atoms with Crippen LogP contribution < -0.4 is 19.9 Å². The smallest absolute Gasteiger partial charge is 0.282 e. The van der Waals surface area contributed by atoms with Crippen LogP contribution in [0.2, 0.25) is 0 Å². The number of carbonyl (C=O) groups excluding carboxylic acids is 2. The molecule has 3 aromatic rings. The predicted octanol–water partition coefficient (Wildman–Crippen LogP) is 4.80. The van der Waals surface area contributed by atoms with Gasteiger partial charge in [-0.3, -0.25) is 25.1 Å². The van der Waals surface area contributed by atoms with E-state index in [1.54, 1.807) is 48.5 Å². The fraction of sp³-hybridized carbons (Fsp3) is 0.120. The highest BCUT2D eigenvalue weighted by atomic mass is 79.9. The second-order valence-electron chi connectivity index (χ2n) is 7.44. The Labute approximate surface area is 209 Å². The van der Waals surface area contributed by atoms with Gasteiger partial charge >= 0.3 is 0 Å². The molecule has 9 nitrogen and oxygen atoms in total. The summed E-state index contributed by atoms with van der Waals surface area (Å²) < 4.78 is 12.2. The number of hydrazine groups is 1. The SMILES string of the molecule is CCOc1cc(/C=C2/C(=O)NN(c3ccccc3)C2=O)c(Br)cc1OCc1cccc([N+](=O)[O-])c1. The molecule has 0 aromatic heterocycles. The van der Waals surface area contributed by atoms with E-state index >= 15 is 0 Å². The maximum Gasteiger partial charge on any atom is 0.282 e. The molecule has 4 rings (SSSR count). The van der Waals surface area contributed by atoms with Gasteiger partial charge in [-0.1, -0.05) is 46.3 Å². The molecule has 10 heteroatoms. The highest BCUT2D eigenvalue weighted by Crippen LogP contribution is 2.36. The van der Waals surface area contributed by atoms with Crippen LogP contribution >= 0.6 is 15.9 Å². The van der Waals surface area contributed by atoms with Gasteiger partial charge in [-0.25, -0.2) is 5.01 Å². The van der Waals surface area contributed by atoms with Crippen molar-refractivity contribution in [3.8, 4) is 11.5 Å². The van der Waals surface area contributed by atoms with E-state index in [1.165, 1.54) is 23.2 Å². The van der Waals surface area contributed by atoms with Gasteiger partial charge in [0.15, 0.2) is 11.5 Å². The number of benzene rings is 3. The summed E-state index contributed by atoms with van der Waals surface area (Å²) in [6, 6.07) is 18.3. The molecule has 1 fully saturated rings. The summed E-state index contributed by atoms with van der Waals surface area (Å²) in [6.07, 6.45) is 1.48. The number of hydrogen-bond donors (Lipinski definition) is 1. The Morgan fingerprint density at radius 1 is 1.03 bits per heavy atom. The van der Waals surface area contributed by atoms with Crippen molar-refractivity contribution < 1.29 is 24.0 Å². The molecule has 0 atom stereocenters. The molecule has 35 heavy (non-hydrogen) atoms. The predicted molar refractivity (Wildman–Crippen MR) is 133 cm³/mol. The van der Waals surface area contributed by atoms with Crippen molar-refractivity contribution in [1.29, 1.82) is 0 Å². The summed E-state index contributed by atoms with van der Waals surface area (Å²) in [5, 5.41) is 12.2. The van der Waals surface area contributed by atoms with E-state index < -0.39 is 16.7 Å². The number of para-hydroxylation sites is 1. The Morgan fingerprint density at radius 3 is 2.49 bits per heavy atom. The number of nitro benzene ring substituents is 1. The maximum absolute atomic E-state index is 12.9. The molecule has 178 valence electrons. The summed E-state index contributed by atoms with van der Waals surface area (Å²) in [6.45, 7) is 2.25. The number of hydrogen-bond acceptors (Lipinski definition) is 6. The Hall–Kier alpha value is -4.18. The highest BCUT2D eigenvalue weighted by Gasteiger charge is 2.34. The lowest BCUT2D eigenvalue weighted by molar-refractivity contribution is -0.384. The minimum absolute atomic E-state index is 0.0247. The van der Waals surface area contributed by atoms with E-state index in [0.29, 0.717) is 39.4 Å². The van der Waals surface area contributed by atoms with Gasteiger partial charge in [0.1, 0.15) is 12.2 Å². The topological polar surface area (TPSA) is 111 Å². The number of amides is 2. The number of halogens is 1. The first-order chi connectivity index (χ1) is 16.9. The monoisotopic (exact) mass is 537 g/mol. The lowest BCUT2D eigenvalue weighted by Crippen LogP contribution is -2.35. The number of rotatable bonds is 8. The van der Waals surface area contributed by atoms with Crippen LogP contribution in [-0.4, -0.2) is 23.3 Å². The highest BCUT2D eigenvalue weighted by molar-refractivity contribution is 9.10. The standard InChI is InChI=1S/C25H20BrN3O6/c1-2-34-22-13-17(12-20-24(30)27-28(25(20)31)18-8-4-3-5-9-18)21(26)14-23(22)35-15-16-7-6-10-19(11-16)29(32)33/h3-14H,2,15H2,1H3,(H,27,30)/b20-12-. The molecule has 0 bridgehead atoms. The molecule has 0 saturated carbocycles. The minimum Gasteiger partial charge on any atom is -0.490 e. The molecule has 1 heterocycles. The van der Waals surface area contributed by atoms with Crippen LogP contribution in [0.4, 0.5) is 11.4 Å². The number of carbonyl (C=O) groups is 2. The van der Waals surface area contributed by atoms with Gasteiger partial charge in [-0.05, 0) is 48.4 Å². The molecule has 1 N–H and O–H groups in total. The van der Waals surface area contributed by atoms with Crippen molar-refractivity contribution >= 4 is 45.2 Å². The first-order valence-electron chi connectivity index (χ1n) is 10.6. The van der Waals surface area contributed by atoms with Gasteiger partial charge in [-0.15, -0.1) is 0 Å². The first kappa shape index (κ1) is 24.0. The number of non-ortho nitro benzene ring substituents is 1. The zero-order valence-corrected chi connectivity index (χ0v) is 20.2. The minimum atomic E-state index is -0.519.